The number of nitrogens with zero attached hydrogens (tertiary/aromatic N) is 1. The zero-order chi connectivity index (χ0) is 19.9. The number of ether oxygens (including phenoxy) is 1. The van der Waals surface area contributed by atoms with Gasteiger partial charge in [0.15, 0.2) is 0 Å². The lowest BCUT2D eigenvalue weighted by atomic mass is 9.91. The summed E-state index contributed by atoms with van der Waals surface area (Å²) in [4.78, 5) is 49.4. The predicted octanol–water partition coefficient (Wildman–Crippen LogP) is -1.58. The molecule has 0 saturated carbocycles. The quantitative estimate of drug-likeness (QED) is 0.235. The molecule has 142 valence electrons. The molecule has 0 atom stereocenters. The van der Waals surface area contributed by atoms with Gasteiger partial charge in [0.2, 0.25) is 0 Å². The van der Waals surface area contributed by atoms with Crippen molar-refractivity contribution in [1.29, 1.82) is 0 Å². The van der Waals surface area contributed by atoms with E-state index in [9.17, 15) is 19.2 Å². The number of nitrogens with two attached hydrogens (primary N) is 2. The zero-order valence-electron chi connectivity index (χ0n) is 13.7. The number of carbonyl (C=O) groups is 4. The van der Waals surface area contributed by atoms with Gasteiger partial charge in [0.05, 0.1) is 37.1 Å². The first-order valence-corrected chi connectivity index (χ1v) is 7.43. The number of carboxylic acid groups (broad SMARTS) is 3. The van der Waals surface area contributed by atoms with Crippen molar-refractivity contribution in [3.63, 3.8) is 0 Å². The monoisotopic (exact) mass is 369 g/mol. The standard InChI is InChI=1S/C15H19N3O8/c16-5-11-9(3-14(23)24)7(1-12(19)20)8(2-13(21)22)10(18-11)4-15(25)26-6-17/h1-6,16-17H2,(H,19,20)(H,21,22)(H,23,24). The van der Waals surface area contributed by atoms with Crippen LogP contribution in [0.1, 0.15) is 28.1 Å². The molecule has 0 spiro atoms. The van der Waals surface area contributed by atoms with Crippen LogP contribution in [0.3, 0.4) is 0 Å². The summed E-state index contributed by atoms with van der Waals surface area (Å²) in [5.74, 6) is -4.65. The van der Waals surface area contributed by atoms with Gasteiger partial charge in [-0.1, -0.05) is 0 Å². The number of hydrogen-bond acceptors (Lipinski definition) is 8. The summed E-state index contributed by atoms with van der Waals surface area (Å²) < 4.78 is 4.60. The van der Waals surface area contributed by atoms with Crippen LogP contribution in [0.15, 0.2) is 0 Å². The predicted molar refractivity (Wildman–Crippen MR) is 85.0 cm³/mol. The van der Waals surface area contributed by atoms with Crippen LogP contribution in [0.4, 0.5) is 0 Å². The third-order valence-electron chi connectivity index (χ3n) is 3.43. The SMILES string of the molecule is NCOC(=O)Cc1nc(CN)c(CC(=O)O)c(CC(=O)O)c1CC(=O)O. The Bertz CT molecular complexity index is 732. The van der Waals surface area contributed by atoms with Crippen molar-refractivity contribution in [2.24, 2.45) is 11.5 Å². The maximum atomic E-state index is 11.7. The topological polar surface area (TPSA) is 203 Å². The molecular weight excluding hydrogens is 350 g/mol. The average Bonchev–Trinajstić information content (AvgIpc) is 2.51. The first-order chi connectivity index (χ1) is 12.2. The van der Waals surface area contributed by atoms with E-state index in [0.717, 1.165) is 0 Å². The second-order valence-electron chi connectivity index (χ2n) is 5.22. The highest BCUT2D eigenvalue weighted by Crippen LogP contribution is 2.24. The van der Waals surface area contributed by atoms with Gasteiger partial charge in [0.1, 0.15) is 6.73 Å². The van der Waals surface area contributed by atoms with E-state index in [4.69, 9.17) is 26.8 Å². The number of aromatic nitrogens is 1. The fourth-order valence-electron chi connectivity index (χ4n) is 2.51. The van der Waals surface area contributed by atoms with Gasteiger partial charge in [-0.15, -0.1) is 0 Å². The third kappa shape index (κ3) is 5.79. The van der Waals surface area contributed by atoms with Crippen molar-refractivity contribution in [3.05, 3.63) is 28.1 Å². The van der Waals surface area contributed by atoms with E-state index in [0.29, 0.717) is 0 Å². The Morgan fingerprint density at radius 2 is 1.23 bits per heavy atom. The van der Waals surface area contributed by atoms with Crippen LogP contribution in [0, 0.1) is 0 Å². The molecular formula is C15H19N3O8. The summed E-state index contributed by atoms with van der Waals surface area (Å²) in [5, 5.41) is 27.4. The van der Waals surface area contributed by atoms with E-state index < -0.39 is 56.3 Å². The largest absolute Gasteiger partial charge is 0.481 e. The summed E-state index contributed by atoms with van der Waals surface area (Å²) in [6, 6.07) is 0. The lowest BCUT2D eigenvalue weighted by Crippen LogP contribution is -2.23. The molecule has 26 heavy (non-hydrogen) atoms. The van der Waals surface area contributed by atoms with Crippen LogP contribution in [0.5, 0.6) is 0 Å². The van der Waals surface area contributed by atoms with Crippen molar-refractivity contribution in [3.8, 4) is 0 Å². The minimum Gasteiger partial charge on any atom is -0.481 e. The Morgan fingerprint density at radius 3 is 1.65 bits per heavy atom. The molecule has 0 unspecified atom stereocenters. The Kier molecular flexibility index (Phi) is 7.62. The molecule has 0 radical (unpaired) electrons. The minimum absolute atomic E-state index is 0.0201. The van der Waals surface area contributed by atoms with E-state index in [1.54, 1.807) is 0 Å². The molecule has 0 aromatic carbocycles. The molecule has 0 saturated heterocycles. The molecule has 1 rings (SSSR count). The maximum absolute atomic E-state index is 11.7. The highest BCUT2D eigenvalue weighted by Gasteiger charge is 2.25. The van der Waals surface area contributed by atoms with E-state index in [-0.39, 0.29) is 34.6 Å². The van der Waals surface area contributed by atoms with Gasteiger partial charge in [0.25, 0.3) is 0 Å². The van der Waals surface area contributed by atoms with Gasteiger partial charge in [0, 0.05) is 6.54 Å². The van der Waals surface area contributed by atoms with Gasteiger partial charge in [-0.3, -0.25) is 29.9 Å². The Labute approximate surface area is 147 Å². The molecule has 0 amide bonds. The summed E-state index contributed by atoms with van der Waals surface area (Å²) in [6.07, 6.45) is -2.31. The van der Waals surface area contributed by atoms with Gasteiger partial charge >= 0.3 is 23.9 Å². The van der Waals surface area contributed by atoms with Gasteiger partial charge < -0.3 is 25.8 Å². The van der Waals surface area contributed by atoms with Crippen LogP contribution in [-0.2, 0) is 56.1 Å². The molecule has 0 aliphatic rings. The number of esters is 1. The van der Waals surface area contributed by atoms with Crippen LogP contribution in [0.2, 0.25) is 0 Å². The number of pyridine rings is 1. The van der Waals surface area contributed by atoms with Crippen molar-refractivity contribution in [1.82, 2.24) is 4.98 Å². The highest BCUT2D eigenvalue weighted by molar-refractivity contribution is 5.79. The number of rotatable bonds is 10. The normalized spacial score (nSPS) is 10.4. The third-order valence-corrected chi connectivity index (χ3v) is 3.43. The molecule has 11 heteroatoms. The first kappa shape index (κ1) is 21.0. The summed E-state index contributed by atoms with van der Waals surface area (Å²) in [6.45, 7) is -0.614. The molecule has 11 nitrogen and oxygen atoms in total. The molecule has 1 aromatic rings. The fourth-order valence-corrected chi connectivity index (χ4v) is 2.51. The lowest BCUT2D eigenvalue weighted by Gasteiger charge is -2.18. The average molecular weight is 369 g/mol. The van der Waals surface area contributed by atoms with Crippen LogP contribution in [-0.4, -0.2) is 50.9 Å². The number of carboxylic acids is 3. The van der Waals surface area contributed by atoms with Crippen LogP contribution in [0.25, 0.3) is 0 Å². The van der Waals surface area contributed by atoms with E-state index >= 15 is 0 Å². The fraction of sp³-hybridized carbons (Fsp3) is 0.400. The molecule has 0 bridgehead atoms. The van der Waals surface area contributed by atoms with Crippen molar-refractivity contribution >= 4 is 23.9 Å². The maximum Gasteiger partial charge on any atom is 0.313 e. The molecule has 7 N–H and O–H groups in total. The van der Waals surface area contributed by atoms with Crippen LogP contribution >= 0.6 is 0 Å². The number of hydrogen-bond donors (Lipinski definition) is 5. The number of aliphatic carboxylic acids is 3. The second kappa shape index (κ2) is 9.44. The van der Waals surface area contributed by atoms with Gasteiger partial charge in [-0.2, -0.15) is 0 Å². The summed E-state index contributed by atoms with van der Waals surface area (Å²) in [5.41, 5.74) is 10.7. The van der Waals surface area contributed by atoms with E-state index in [2.05, 4.69) is 9.72 Å². The van der Waals surface area contributed by atoms with Crippen molar-refractivity contribution < 1.29 is 39.2 Å². The van der Waals surface area contributed by atoms with E-state index in [1.807, 2.05) is 0 Å². The lowest BCUT2D eigenvalue weighted by molar-refractivity contribution is -0.143. The summed E-state index contributed by atoms with van der Waals surface area (Å²) in [7, 11) is 0. The van der Waals surface area contributed by atoms with Crippen molar-refractivity contribution in [2.75, 3.05) is 6.73 Å². The van der Waals surface area contributed by atoms with Crippen molar-refractivity contribution in [2.45, 2.75) is 32.2 Å². The Morgan fingerprint density at radius 1 is 0.769 bits per heavy atom. The summed E-state index contributed by atoms with van der Waals surface area (Å²) >= 11 is 0. The van der Waals surface area contributed by atoms with Gasteiger partial charge in [-0.05, 0) is 16.7 Å². The van der Waals surface area contributed by atoms with Crippen LogP contribution < -0.4 is 11.5 Å². The smallest absolute Gasteiger partial charge is 0.313 e. The molecule has 0 aliphatic carbocycles. The van der Waals surface area contributed by atoms with Gasteiger partial charge in [-0.25, -0.2) is 0 Å². The van der Waals surface area contributed by atoms with E-state index in [1.165, 1.54) is 0 Å². The highest BCUT2D eigenvalue weighted by atomic mass is 16.5. The molecule has 0 aliphatic heterocycles. The molecule has 1 heterocycles. The molecule has 1 aromatic heterocycles. The second-order valence-corrected chi connectivity index (χ2v) is 5.22. The minimum atomic E-state index is -1.30. The molecule has 0 fully saturated rings. The Balaban J connectivity index is 3.66. The first-order valence-electron chi connectivity index (χ1n) is 7.43. The Hall–Kier alpha value is -3.05. The number of carbonyl (C=O) groups excluding carboxylic acids is 1. The zero-order valence-corrected chi connectivity index (χ0v) is 13.7.